The number of hydrogen-bond acceptors (Lipinski definition) is 5. The molecule has 0 aliphatic carbocycles. The molecule has 2 N–H and O–H groups in total. The van der Waals surface area contributed by atoms with E-state index in [0.717, 1.165) is 29.9 Å². The molecular formula is C26H25N5O2. The molecule has 7 nitrogen and oxygen atoms in total. The van der Waals surface area contributed by atoms with E-state index in [1.54, 1.807) is 24.3 Å². The summed E-state index contributed by atoms with van der Waals surface area (Å²) in [7, 11) is 2.07. The van der Waals surface area contributed by atoms with Crippen LogP contribution >= 0.6 is 0 Å². The molecule has 1 aliphatic rings. The van der Waals surface area contributed by atoms with Crippen LogP contribution in [0.4, 0.5) is 0 Å². The van der Waals surface area contributed by atoms with Gasteiger partial charge in [0.25, 0.3) is 5.91 Å². The monoisotopic (exact) mass is 439 g/mol. The van der Waals surface area contributed by atoms with E-state index in [1.807, 2.05) is 53.5 Å². The molecule has 0 spiro atoms. The van der Waals surface area contributed by atoms with E-state index in [0.29, 0.717) is 35.4 Å². The van der Waals surface area contributed by atoms with E-state index < -0.39 is 0 Å². The standard InChI is InChI=1S/C26H25N5O2/c1-30-13-15-31(16-14-30)26(33)21-17-23(19-8-10-20(32)11-9-19)27-25-24(21)22(28-29-25)12-7-18-5-3-2-4-6-18/h2-12,17,32H,13-16H2,1H3,(H,27,28,29)/b12-7+. The lowest BCUT2D eigenvalue weighted by Crippen LogP contribution is -2.47. The number of fused-ring (bicyclic) bond motifs is 1. The van der Waals surface area contributed by atoms with Gasteiger partial charge in [-0.25, -0.2) is 4.98 Å². The van der Waals surface area contributed by atoms with E-state index in [9.17, 15) is 9.90 Å². The minimum atomic E-state index is -0.0220. The molecule has 7 heteroatoms. The lowest BCUT2D eigenvalue weighted by molar-refractivity contribution is 0.0666. The Hall–Kier alpha value is -3.97. The Labute approximate surface area is 192 Å². The van der Waals surface area contributed by atoms with Gasteiger partial charge in [-0.15, -0.1) is 0 Å². The predicted molar refractivity (Wildman–Crippen MR) is 130 cm³/mol. The maximum absolute atomic E-state index is 13.7. The molecule has 166 valence electrons. The lowest BCUT2D eigenvalue weighted by atomic mass is 10.0. The van der Waals surface area contributed by atoms with Crippen LogP contribution in [-0.2, 0) is 0 Å². The van der Waals surface area contributed by atoms with E-state index in [2.05, 4.69) is 22.1 Å². The largest absolute Gasteiger partial charge is 0.508 e. The second-order valence-electron chi connectivity index (χ2n) is 8.28. The molecule has 1 aliphatic heterocycles. The minimum absolute atomic E-state index is 0.0220. The fraction of sp³-hybridized carbons (Fsp3) is 0.192. The summed E-state index contributed by atoms with van der Waals surface area (Å²) < 4.78 is 0. The van der Waals surface area contributed by atoms with Crippen molar-refractivity contribution in [3.05, 3.63) is 77.5 Å². The zero-order chi connectivity index (χ0) is 22.8. The van der Waals surface area contributed by atoms with Gasteiger partial charge >= 0.3 is 0 Å². The van der Waals surface area contributed by atoms with Crippen LogP contribution in [0.2, 0.25) is 0 Å². The summed E-state index contributed by atoms with van der Waals surface area (Å²) in [5.41, 5.74) is 4.33. The topological polar surface area (TPSA) is 85.3 Å². The third-order valence-corrected chi connectivity index (χ3v) is 5.98. The lowest BCUT2D eigenvalue weighted by Gasteiger charge is -2.32. The highest BCUT2D eigenvalue weighted by Crippen LogP contribution is 2.29. The second kappa shape index (κ2) is 8.88. The minimum Gasteiger partial charge on any atom is -0.508 e. The maximum atomic E-state index is 13.7. The Balaban J connectivity index is 1.61. The fourth-order valence-corrected chi connectivity index (χ4v) is 4.04. The Morgan fingerprint density at radius 2 is 1.73 bits per heavy atom. The molecule has 1 amide bonds. The normalized spacial score (nSPS) is 14.9. The fourth-order valence-electron chi connectivity index (χ4n) is 4.04. The number of aromatic amines is 1. The van der Waals surface area contributed by atoms with Crippen molar-refractivity contribution in [1.82, 2.24) is 25.0 Å². The Bertz CT molecular complexity index is 1300. The number of nitrogens with zero attached hydrogens (tertiary/aromatic N) is 4. The van der Waals surface area contributed by atoms with Gasteiger partial charge in [0, 0.05) is 31.7 Å². The molecule has 4 aromatic rings. The van der Waals surface area contributed by atoms with Crippen LogP contribution in [0.5, 0.6) is 5.75 Å². The number of benzene rings is 2. The van der Waals surface area contributed by atoms with Crippen molar-refractivity contribution in [3.8, 4) is 17.0 Å². The SMILES string of the molecule is CN1CCN(C(=O)c2cc(-c3ccc(O)cc3)nc3n[nH]c(/C=C/c4ccccc4)c23)CC1. The third kappa shape index (κ3) is 4.36. The Morgan fingerprint density at radius 1 is 1.00 bits per heavy atom. The number of likely N-dealkylation sites (N-methyl/N-ethyl adjacent to an activating group) is 1. The van der Waals surface area contributed by atoms with E-state index in [4.69, 9.17) is 4.98 Å². The van der Waals surface area contributed by atoms with Crippen LogP contribution in [0.15, 0.2) is 60.7 Å². The molecule has 33 heavy (non-hydrogen) atoms. The molecular weight excluding hydrogens is 414 g/mol. The van der Waals surface area contributed by atoms with Gasteiger partial charge in [0.2, 0.25) is 0 Å². The average Bonchev–Trinajstić information content (AvgIpc) is 3.26. The zero-order valence-electron chi connectivity index (χ0n) is 18.4. The van der Waals surface area contributed by atoms with E-state index >= 15 is 0 Å². The third-order valence-electron chi connectivity index (χ3n) is 5.98. The van der Waals surface area contributed by atoms with Gasteiger partial charge in [0.15, 0.2) is 5.65 Å². The predicted octanol–water partition coefficient (Wildman–Crippen LogP) is 3.89. The molecule has 0 radical (unpaired) electrons. The van der Waals surface area contributed by atoms with Crippen LogP contribution in [0.25, 0.3) is 34.4 Å². The number of phenolic OH excluding ortho intramolecular Hbond substituents is 1. The van der Waals surface area contributed by atoms with Crippen LogP contribution in [0, 0.1) is 0 Å². The zero-order valence-corrected chi connectivity index (χ0v) is 18.4. The highest BCUT2D eigenvalue weighted by molar-refractivity contribution is 6.09. The summed E-state index contributed by atoms with van der Waals surface area (Å²) in [4.78, 5) is 22.5. The summed E-state index contributed by atoms with van der Waals surface area (Å²) in [6.07, 6.45) is 3.93. The number of carbonyl (C=O) groups is 1. The van der Waals surface area contributed by atoms with Crippen molar-refractivity contribution < 1.29 is 9.90 Å². The number of phenols is 1. The van der Waals surface area contributed by atoms with Gasteiger partial charge in [-0.05, 0) is 49.0 Å². The van der Waals surface area contributed by atoms with Gasteiger partial charge in [0.1, 0.15) is 5.75 Å². The van der Waals surface area contributed by atoms with Gasteiger partial charge in [-0.3, -0.25) is 9.89 Å². The summed E-state index contributed by atoms with van der Waals surface area (Å²) in [6.45, 7) is 3.05. The number of amides is 1. The molecule has 0 unspecified atom stereocenters. The molecule has 0 atom stereocenters. The Morgan fingerprint density at radius 3 is 2.45 bits per heavy atom. The van der Waals surface area contributed by atoms with Gasteiger partial charge in [-0.2, -0.15) is 5.10 Å². The number of nitrogens with one attached hydrogen (secondary N) is 1. The molecule has 2 aromatic heterocycles. The van der Waals surface area contributed by atoms with Crippen molar-refractivity contribution in [3.63, 3.8) is 0 Å². The second-order valence-corrected chi connectivity index (χ2v) is 8.28. The smallest absolute Gasteiger partial charge is 0.254 e. The Kier molecular flexibility index (Phi) is 5.62. The highest BCUT2D eigenvalue weighted by atomic mass is 16.3. The van der Waals surface area contributed by atoms with Crippen molar-refractivity contribution in [2.45, 2.75) is 0 Å². The summed E-state index contributed by atoms with van der Waals surface area (Å²) in [6, 6.07) is 18.6. The number of aromatic hydroxyl groups is 1. The molecule has 3 heterocycles. The molecule has 0 saturated carbocycles. The van der Waals surface area contributed by atoms with E-state index in [1.165, 1.54) is 0 Å². The first-order chi connectivity index (χ1) is 16.1. The van der Waals surface area contributed by atoms with Crippen molar-refractivity contribution in [2.24, 2.45) is 0 Å². The first-order valence-corrected chi connectivity index (χ1v) is 11.0. The summed E-state index contributed by atoms with van der Waals surface area (Å²) >= 11 is 0. The quantitative estimate of drug-likeness (QED) is 0.504. The van der Waals surface area contributed by atoms with Crippen molar-refractivity contribution in [2.75, 3.05) is 33.2 Å². The highest BCUT2D eigenvalue weighted by Gasteiger charge is 2.25. The molecule has 2 aromatic carbocycles. The molecule has 1 fully saturated rings. The number of hydrogen-bond donors (Lipinski definition) is 2. The van der Waals surface area contributed by atoms with Crippen LogP contribution in [0.1, 0.15) is 21.6 Å². The van der Waals surface area contributed by atoms with Crippen molar-refractivity contribution >= 4 is 29.1 Å². The van der Waals surface area contributed by atoms with E-state index in [-0.39, 0.29) is 11.7 Å². The number of aromatic nitrogens is 3. The number of piperazine rings is 1. The number of pyridine rings is 1. The summed E-state index contributed by atoms with van der Waals surface area (Å²) in [5, 5.41) is 17.9. The van der Waals surface area contributed by atoms with Crippen LogP contribution in [0.3, 0.4) is 0 Å². The van der Waals surface area contributed by atoms with Gasteiger partial charge < -0.3 is 14.9 Å². The van der Waals surface area contributed by atoms with Crippen LogP contribution < -0.4 is 0 Å². The number of H-pyrrole nitrogens is 1. The number of carbonyl (C=O) groups excluding carboxylic acids is 1. The first-order valence-electron chi connectivity index (χ1n) is 11.0. The molecule has 1 saturated heterocycles. The van der Waals surface area contributed by atoms with Crippen molar-refractivity contribution in [1.29, 1.82) is 0 Å². The van der Waals surface area contributed by atoms with Crippen LogP contribution in [-0.4, -0.2) is 69.2 Å². The molecule has 5 rings (SSSR count). The summed E-state index contributed by atoms with van der Waals surface area (Å²) in [5.74, 6) is 0.160. The molecule has 0 bridgehead atoms. The first kappa shape index (κ1) is 20.9. The maximum Gasteiger partial charge on any atom is 0.254 e. The average molecular weight is 440 g/mol. The number of rotatable bonds is 4. The van der Waals surface area contributed by atoms with Gasteiger partial charge in [-0.1, -0.05) is 36.4 Å². The van der Waals surface area contributed by atoms with Gasteiger partial charge in [0.05, 0.1) is 22.3 Å².